The molecule has 0 amide bonds. The molecule has 0 radical (unpaired) electrons. The van der Waals surface area contributed by atoms with Crippen molar-refractivity contribution in [3.05, 3.63) is 27.4 Å². The number of halogens is 2. The third-order valence-electron chi connectivity index (χ3n) is 1.81. The first-order chi connectivity index (χ1) is 7.88. The number of carbonyl (C=O) groups excluding carboxylic acids is 1. The van der Waals surface area contributed by atoms with E-state index in [2.05, 4.69) is 9.72 Å². The summed E-state index contributed by atoms with van der Waals surface area (Å²) in [6.07, 6.45) is -3.18. The number of alkyl halides is 2. The van der Waals surface area contributed by atoms with Crippen molar-refractivity contribution in [2.24, 2.45) is 0 Å². The Morgan fingerprint density at radius 3 is 2.65 bits per heavy atom. The molecule has 1 N–H and O–H groups in total. The number of carbonyl (C=O) groups is 1. The molecule has 0 fully saturated rings. The SMILES string of the molecule is COC(=O)c1cc(C(F)F)c(O)c([N+](=O)[O-])n1. The number of aromatic nitrogens is 1. The number of pyridine rings is 1. The Kier molecular flexibility index (Phi) is 3.51. The maximum atomic E-state index is 12.5. The fourth-order valence-corrected chi connectivity index (χ4v) is 1.05. The van der Waals surface area contributed by atoms with Crippen LogP contribution in [0.3, 0.4) is 0 Å². The van der Waals surface area contributed by atoms with E-state index in [0.717, 1.165) is 7.11 Å². The second kappa shape index (κ2) is 4.68. The number of nitrogens with zero attached hydrogens (tertiary/aromatic N) is 2. The molecule has 1 aromatic heterocycles. The van der Waals surface area contributed by atoms with Crippen LogP contribution in [-0.4, -0.2) is 28.1 Å². The van der Waals surface area contributed by atoms with Gasteiger partial charge in [0.2, 0.25) is 5.75 Å². The Hall–Kier alpha value is -2.32. The summed E-state index contributed by atoms with van der Waals surface area (Å²) in [4.78, 5) is 23.4. The van der Waals surface area contributed by atoms with Gasteiger partial charge in [0.1, 0.15) is 0 Å². The molecule has 0 bridgehead atoms. The smallest absolute Gasteiger partial charge is 0.407 e. The largest absolute Gasteiger partial charge is 0.501 e. The maximum absolute atomic E-state index is 12.5. The molecule has 0 aliphatic rings. The van der Waals surface area contributed by atoms with E-state index in [4.69, 9.17) is 0 Å². The minimum absolute atomic E-state index is 0.541. The van der Waals surface area contributed by atoms with Crippen LogP contribution in [0.15, 0.2) is 6.07 Å². The number of rotatable bonds is 3. The molecule has 0 saturated heterocycles. The van der Waals surface area contributed by atoms with Gasteiger partial charge >= 0.3 is 11.8 Å². The first-order valence-corrected chi connectivity index (χ1v) is 4.13. The first kappa shape index (κ1) is 12.7. The van der Waals surface area contributed by atoms with Crippen LogP contribution in [0.1, 0.15) is 22.5 Å². The van der Waals surface area contributed by atoms with Crippen molar-refractivity contribution >= 4 is 11.8 Å². The number of methoxy groups -OCH3 is 1. The lowest BCUT2D eigenvalue weighted by Gasteiger charge is -2.04. The lowest BCUT2D eigenvalue weighted by atomic mass is 10.2. The summed E-state index contributed by atoms with van der Waals surface area (Å²) < 4.78 is 29.1. The van der Waals surface area contributed by atoms with Crippen molar-refractivity contribution in [1.29, 1.82) is 0 Å². The molecule has 0 spiro atoms. The monoisotopic (exact) mass is 248 g/mol. The summed E-state index contributed by atoms with van der Waals surface area (Å²) in [6, 6.07) is 0.541. The topological polar surface area (TPSA) is 103 Å². The number of hydrogen-bond donors (Lipinski definition) is 1. The van der Waals surface area contributed by atoms with E-state index in [-0.39, 0.29) is 0 Å². The summed E-state index contributed by atoms with van der Waals surface area (Å²) in [7, 11) is 0.963. The minimum Gasteiger partial charge on any atom is -0.501 e. The third kappa shape index (κ3) is 2.44. The molecule has 92 valence electrons. The standard InChI is InChI=1S/C8H6F2N2O5/c1-17-8(14)4-2-3(6(9)10)5(13)7(11-4)12(15)16/h2,6,13H,1H3. The van der Waals surface area contributed by atoms with Crippen molar-refractivity contribution < 1.29 is 28.3 Å². The molecule has 0 aromatic carbocycles. The highest BCUT2D eigenvalue weighted by atomic mass is 19.3. The predicted molar refractivity (Wildman–Crippen MR) is 48.9 cm³/mol. The molecule has 1 heterocycles. The highest BCUT2D eigenvalue weighted by Crippen LogP contribution is 2.34. The summed E-state index contributed by atoms with van der Waals surface area (Å²) >= 11 is 0. The van der Waals surface area contributed by atoms with Crippen LogP contribution in [0.5, 0.6) is 5.75 Å². The van der Waals surface area contributed by atoms with Crippen LogP contribution in [0.4, 0.5) is 14.6 Å². The van der Waals surface area contributed by atoms with E-state index in [1.165, 1.54) is 0 Å². The van der Waals surface area contributed by atoms with Crippen LogP contribution < -0.4 is 0 Å². The van der Waals surface area contributed by atoms with Crippen molar-refractivity contribution in [1.82, 2.24) is 4.98 Å². The average molecular weight is 248 g/mol. The highest BCUT2D eigenvalue weighted by Gasteiger charge is 2.29. The van der Waals surface area contributed by atoms with Gasteiger partial charge in [-0.1, -0.05) is 0 Å². The molecule has 0 aliphatic heterocycles. The van der Waals surface area contributed by atoms with Crippen LogP contribution in [0.25, 0.3) is 0 Å². The van der Waals surface area contributed by atoms with Crippen LogP contribution in [0.2, 0.25) is 0 Å². The quantitative estimate of drug-likeness (QED) is 0.493. The van der Waals surface area contributed by atoms with Crippen LogP contribution >= 0.6 is 0 Å². The van der Waals surface area contributed by atoms with Crippen LogP contribution in [-0.2, 0) is 4.74 Å². The third-order valence-corrected chi connectivity index (χ3v) is 1.81. The second-order valence-corrected chi connectivity index (χ2v) is 2.82. The van der Waals surface area contributed by atoms with E-state index in [1.54, 1.807) is 0 Å². The second-order valence-electron chi connectivity index (χ2n) is 2.82. The van der Waals surface area contributed by atoms with Gasteiger partial charge < -0.3 is 20.0 Å². The van der Waals surface area contributed by atoms with Gasteiger partial charge in [-0.15, -0.1) is 0 Å². The van der Waals surface area contributed by atoms with E-state index >= 15 is 0 Å². The molecule has 0 aliphatic carbocycles. The Morgan fingerprint density at radius 2 is 2.24 bits per heavy atom. The Balaban J connectivity index is 3.47. The zero-order chi connectivity index (χ0) is 13.2. The molecular weight excluding hydrogens is 242 g/mol. The normalized spacial score (nSPS) is 10.4. The lowest BCUT2D eigenvalue weighted by molar-refractivity contribution is -0.390. The van der Waals surface area contributed by atoms with Gasteiger partial charge in [-0.05, 0) is 9.91 Å². The van der Waals surface area contributed by atoms with Crippen molar-refractivity contribution in [2.45, 2.75) is 6.43 Å². The highest BCUT2D eigenvalue weighted by molar-refractivity contribution is 5.88. The van der Waals surface area contributed by atoms with E-state index in [9.17, 15) is 28.8 Å². The Bertz CT molecular complexity index is 477. The fourth-order valence-electron chi connectivity index (χ4n) is 1.05. The van der Waals surface area contributed by atoms with Gasteiger partial charge in [-0.2, -0.15) is 0 Å². The Labute approximate surface area is 92.8 Å². The summed E-state index contributed by atoms with van der Waals surface area (Å²) in [6.45, 7) is 0. The fraction of sp³-hybridized carbons (Fsp3) is 0.250. The predicted octanol–water partition coefficient (Wildman–Crippen LogP) is 1.42. The molecule has 9 heteroatoms. The zero-order valence-corrected chi connectivity index (χ0v) is 8.39. The first-order valence-electron chi connectivity index (χ1n) is 4.13. The molecule has 0 saturated carbocycles. The maximum Gasteiger partial charge on any atom is 0.407 e. The number of aromatic hydroxyl groups is 1. The van der Waals surface area contributed by atoms with Gasteiger partial charge in [0.15, 0.2) is 0 Å². The molecule has 1 rings (SSSR count). The van der Waals surface area contributed by atoms with Gasteiger partial charge in [-0.3, -0.25) is 0 Å². The number of ether oxygens (including phenoxy) is 1. The molecule has 1 aromatic rings. The summed E-state index contributed by atoms with van der Waals surface area (Å²) in [5, 5.41) is 19.6. The van der Waals surface area contributed by atoms with Crippen LogP contribution in [0, 0.1) is 10.1 Å². The van der Waals surface area contributed by atoms with Gasteiger partial charge in [-0.25, -0.2) is 13.6 Å². The van der Waals surface area contributed by atoms with Gasteiger partial charge in [0, 0.05) is 6.07 Å². The van der Waals surface area contributed by atoms with E-state index in [1.807, 2.05) is 0 Å². The van der Waals surface area contributed by atoms with E-state index < -0.39 is 40.1 Å². The molecule has 17 heavy (non-hydrogen) atoms. The molecule has 0 unspecified atom stereocenters. The van der Waals surface area contributed by atoms with Gasteiger partial charge in [0.25, 0.3) is 12.1 Å². The molecule has 7 nitrogen and oxygen atoms in total. The number of esters is 1. The van der Waals surface area contributed by atoms with Crippen molar-refractivity contribution in [3.63, 3.8) is 0 Å². The number of hydrogen-bond acceptors (Lipinski definition) is 6. The summed E-state index contributed by atoms with van der Waals surface area (Å²) in [5.74, 6) is -3.60. The van der Waals surface area contributed by atoms with Gasteiger partial charge in [0.05, 0.1) is 12.7 Å². The minimum atomic E-state index is -3.18. The molecular formula is C8H6F2N2O5. The van der Waals surface area contributed by atoms with E-state index in [0.29, 0.717) is 6.07 Å². The average Bonchev–Trinajstić information content (AvgIpc) is 2.27. The lowest BCUT2D eigenvalue weighted by Crippen LogP contribution is -2.08. The van der Waals surface area contributed by atoms with Crippen molar-refractivity contribution in [2.75, 3.05) is 7.11 Å². The Morgan fingerprint density at radius 1 is 1.65 bits per heavy atom. The zero-order valence-electron chi connectivity index (χ0n) is 8.39. The number of nitro groups is 1. The molecule has 0 atom stereocenters. The summed E-state index contributed by atoms with van der Waals surface area (Å²) in [5.41, 5.74) is -1.72. The van der Waals surface area contributed by atoms with Crippen molar-refractivity contribution in [3.8, 4) is 5.75 Å².